The lowest BCUT2D eigenvalue weighted by Crippen LogP contribution is -2.43. The van der Waals surface area contributed by atoms with Crippen LogP contribution in [0.25, 0.3) is 0 Å². The molecule has 0 aliphatic heterocycles. The van der Waals surface area contributed by atoms with Gasteiger partial charge in [-0.25, -0.2) is 4.79 Å². The fourth-order valence-electron chi connectivity index (χ4n) is 1.28. The number of carbonyl (C=O) groups excluding carboxylic acids is 1. The summed E-state index contributed by atoms with van der Waals surface area (Å²) in [6.07, 6.45) is 0. The van der Waals surface area contributed by atoms with E-state index in [0.717, 1.165) is 5.69 Å². The second-order valence-corrected chi connectivity index (χ2v) is 4.00. The monoisotopic (exact) mass is 222 g/mol. The van der Waals surface area contributed by atoms with E-state index in [-0.39, 0.29) is 24.6 Å². The van der Waals surface area contributed by atoms with Crippen molar-refractivity contribution in [2.45, 2.75) is 19.9 Å². The van der Waals surface area contributed by atoms with Crippen molar-refractivity contribution in [3.8, 4) is 0 Å². The molecule has 0 heterocycles. The van der Waals surface area contributed by atoms with Gasteiger partial charge >= 0.3 is 6.03 Å². The lowest BCUT2D eigenvalue weighted by molar-refractivity contribution is 0.204. The largest absolute Gasteiger partial charge is 0.394 e. The fourth-order valence-corrected chi connectivity index (χ4v) is 1.28. The standard InChI is InChI=1S/C12H18N2O2/c1-9(2)11(8-15)14-12(16)13-10-6-4-3-5-7-10/h3-7,9,11,15H,8H2,1-2H3,(H2,13,14,16). The van der Waals surface area contributed by atoms with Crippen molar-refractivity contribution in [1.29, 1.82) is 0 Å². The molecule has 0 aliphatic rings. The molecule has 4 nitrogen and oxygen atoms in total. The molecule has 3 N–H and O–H groups in total. The van der Waals surface area contributed by atoms with E-state index in [1.54, 1.807) is 0 Å². The van der Waals surface area contributed by atoms with Crippen molar-refractivity contribution in [3.05, 3.63) is 30.3 Å². The first-order valence-corrected chi connectivity index (χ1v) is 5.37. The third kappa shape index (κ3) is 3.90. The highest BCUT2D eigenvalue weighted by Gasteiger charge is 2.14. The van der Waals surface area contributed by atoms with Crippen LogP contribution in [0.5, 0.6) is 0 Å². The topological polar surface area (TPSA) is 61.4 Å². The van der Waals surface area contributed by atoms with E-state index >= 15 is 0 Å². The average Bonchev–Trinajstić information content (AvgIpc) is 2.27. The Morgan fingerprint density at radius 1 is 1.31 bits per heavy atom. The first kappa shape index (κ1) is 12.5. The highest BCUT2D eigenvalue weighted by molar-refractivity contribution is 5.89. The maximum absolute atomic E-state index is 11.6. The first-order chi connectivity index (χ1) is 7.63. The molecule has 0 saturated carbocycles. The number of amides is 2. The van der Waals surface area contributed by atoms with Crippen LogP contribution in [0.3, 0.4) is 0 Å². The average molecular weight is 222 g/mol. The normalized spacial score (nSPS) is 12.2. The van der Waals surface area contributed by atoms with E-state index in [1.807, 2.05) is 44.2 Å². The molecule has 1 rings (SSSR count). The molecular formula is C12H18N2O2. The number of benzene rings is 1. The van der Waals surface area contributed by atoms with Gasteiger partial charge in [0, 0.05) is 5.69 Å². The van der Waals surface area contributed by atoms with Gasteiger partial charge < -0.3 is 15.7 Å². The van der Waals surface area contributed by atoms with Crippen LogP contribution in [0.15, 0.2) is 30.3 Å². The van der Waals surface area contributed by atoms with Crippen LogP contribution in [0.2, 0.25) is 0 Å². The second-order valence-electron chi connectivity index (χ2n) is 4.00. The van der Waals surface area contributed by atoms with Gasteiger partial charge in [0.05, 0.1) is 12.6 Å². The number of aliphatic hydroxyl groups is 1. The molecule has 1 aromatic rings. The molecule has 0 spiro atoms. The molecule has 0 aromatic heterocycles. The van der Waals surface area contributed by atoms with Gasteiger partial charge in [0.25, 0.3) is 0 Å². The lowest BCUT2D eigenvalue weighted by Gasteiger charge is -2.20. The number of anilines is 1. The highest BCUT2D eigenvalue weighted by atomic mass is 16.3. The number of hydrogen-bond donors (Lipinski definition) is 3. The summed E-state index contributed by atoms with van der Waals surface area (Å²) in [4.78, 5) is 11.6. The Balaban J connectivity index is 2.47. The molecule has 0 bridgehead atoms. The third-order valence-corrected chi connectivity index (χ3v) is 2.35. The summed E-state index contributed by atoms with van der Waals surface area (Å²) in [6, 6.07) is 8.69. The number of hydrogen-bond acceptors (Lipinski definition) is 2. The van der Waals surface area contributed by atoms with Gasteiger partial charge in [-0.05, 0) is 18.1 Å². The summed E-state index contributed by atoms with van der Waals surface area (Å²) < 4.78 is 0. The van der Waals surface area contributed by atoms with Gasteiger partial charge in [-0.15, -0.1) is 0 Å². The van der Waals surface area contributed by atoms with Crippen molar-refractivity contribution >= 4 is 11.7 Å². The van der Waals surface area contributed by atoms with Crippen molar-refractivity contribution in [1.82, 2.24) is 5.32 Å². The van der Waals surface area contributed by atoms with Crippen LogP contribution >= 0.6 is 0 Å². The number of nitrogens with one attached hydrogen (secondary N) is 2. The molecule has 0 radical (unpaired) electrons. The number of urea groups is 1. The Morgan fingerprint density at radius 2 is 1.94 bits per heavy atom. The van der Waals surface area contributed by atoms with E-state index in [4.69, 9.17) is 5.11 Å². The van der Waals surface area contributed by atoms with Crippen LogP contribution in [0, 0.1) is 5.92 Å². The zero-order valence-corrected chi connectivity index (χ0v) is 9.60. The predicted octanol–water partition coefficient (Wildman–Crippen LogP) is 1.82. The number of rotatable bonds is 4. The van der Waals surface area contributed by atoms with E-state index in [0.29, 0.717) is 0 Å². The van der Waals surface area contributed by atoms with E-state index in [9.17, 15) is 4.79 Å². The van der Waals surface area contributed by atoms with Crippen molar-refractivity contribution in [2.75, 3.05) is 11.9 Å². The van der Waals surface area contributed by atoms with E-state index < -0.39 is 0 Å². The highest BCUT2D eigenvalue weighted by Crippen LogP contribution is 2.05. The van der Waals surface area contributed by atoms with Crippen LogP contribution in [0.4, 0.5) is 10.5 Å². The maximum atomic E-state index is 11.6. The quantitative estimate of drug-likeness (QED) is 0.727. The van der Waals surface area contributed by atoms with Crippen LogP contribution in [-0.2, 0) is 0 Å². The smallest absolute Gasteiger partial charge is 0.319 e. The number of carbonyl (C=O) groups is 1. The summed E-state index contributed by atoms with van der Waals surface area (Å²) in [5.41, 5.74) is 0.737. The Hall–Kier alpha value is -1.55. The van der Waals surface area contributed by atoms with Crippen molar-refractivity contribution < 1.29 is 9.90 Å². The predicted molar refractivity (Wildman–Crippen MR) is 64.3 cm³/mol. The maximum Gasteiger partial charge on any atom is 0.319 e. The molecule has 88 valence electrons. The lowest BCUT2D eigenvalue weighted by atomic mass is 10.1. The van der Waals surface area contributed by atoms with Gasteiger partial charge in [-0.1, -0.05) is 32.0 Å². The van der Waals surface area contributed by atoms with Crippen LogP contribution in [-0.4, -0.2) is 23.8 Å². The number of aliphatic hydroxyl groups excluding tert-OH is 1. The minimum Gasteiger partial charge on any atom is -0.394 e. The molecule has 0 saturated heterocycles. The molecular weight excluding hydrogens is 204 g/mol. The molecule has 2 amide bonds. The summed E-state index contributed by atoms with van der Waals surface area (Å²) in [6.45, 7) is 3.84. The second kappa shape index (κ2) is 6.12. The van der Waals surface area contributed by atoms with Crippen molar-refractivity contribution in [3.63, 3.8) is 0 Å². The molecule has 1 aromatic carbocycles. The van der Waals surface area contributed by atoms with Gasteiger partial charge in [0.1, 0.15) is 0 Å². The summed E-state index contributed by atoms with van der Waals surface area (Å²) >= 11 is 0. The van der Waals surface area contributed by atoms with E-state index in [2.05, 4.69) is 10.6 Å². The fraction of sp³-hybridized carbons (Fsp3) is 0.417. The van der Waals surface area contributed by atoms with E-state index in [1.165, 1.54) is 0 Å². The van der Waals surface area contributed by atoms with Gasteiger partial charge in [0.15, 0.2) is 0 Å². The molecule has 16 heavy (non-hydrogen) atoms. The minimum absolute atomic E-state index is 0.0557. The summed E-state index contributed by atoms with van der Waals surface area (Å²) in [5.74, 6) is 0.200. The molecule has 0 fully saturated rings. The molecule has 0 aliphatic carbocycles. The molecule has 1 atom stereocenters. The first-order valence-electron chi connectivity index (χ1n) is 5.37. The van der Waals surface area contributed by atoms with Crippen LogP contribution < -0.4 is 10.6 Å². The molecule has 4 heteroatoms. The zero-order chi connectivity index (χ0) is 12.0. The van der Waals surface area contributed by atoms with Crippen molar-refractivity contribution in [2.24, 2.45) is 5.92 Å². The summed E-state index contributed by atoms with van der Waals surface area (Å²) in [5, 5.41) is 14.5. The third-order valence-electron chi connectivity index (χ3n) is 2.35. The Kier molecular flexibility index (Phi) is 4.79. The zero-order valence-electron chi connectivity index (χ0n) is 9.60. The van der Waals surface area contributed by atoms with Crippen LogP contribution in [0.1, 0.15) is 13.8 Å². The summed E-state index contributed by atoms with van der Waals surface area (Å²) in [7, 11) is 0. The minimum atomic E-state index is -0.293. The Bertz CT molecular complexity index is 325. The SMILES string of the molecule is CC(C)C(CO)NC(=O)Nc1ccccc1. The van der Waals surface area contributed by atoms with Gasteiger partial charge in [-0.2, -0.15) is 0 Å². The van der Waals surface area contributed by atoms with Gasteiger partial charge in [-0.3, -0.25) is 0 Å². The molecule has 1 unspecified atom stereocenters. The Morgan fingerprint density at radius 3 is 2.44 bits per heavy atom. The van der Waals surface area contributed by atoms with Gasteiger partial charge in [0.2, 0.25) is 0 Å². The number of para-hydroxylation sites is 1. The Labute approximate surface area is 95.7 Å².